The maximum absolute atomic E-state index is 12.5. The van der Waals surface area contributed by atoms with E-state index in [0.717, 1.165) is 44.5 Å². The minimum absolute atomic E-state index is 0.0387. The number of rotatable bonds is 3. The molecule has 126 valence electrons. The molecule has 6 nitrogen and oxygen atoms in total. The van der Waals surface area contributed by atoms with Crippen LogP contribution in [0, 0.1) is 0 Å². The number of aryl methyl sites for hydroxylation is 1. The molecule has 1 atom stereocenters. The van der Waals surface area contributed by atoms with Gasteiger partial charge in [-0.2, -0.15) is 5.10 Å². The smallest absolute Gasteiger partial charge is 0.228 e. The number of amides is 1. The molecule has 24 heavy (non-hydrogen) atoms. The van der Waals surface area contributed by atoms with Crippen LogP contribution in [0.2, 0.25) is 0 Å². The minimum Gasteiger partial charge on any atom is -0.350 e. The number of hydrogen-bond acceptors (Lipinski definition) is 4. The van der Waals surface area contributed by atoms with Gasteiger partial charge in [0.1, 0.15) is 0 Å². The fraction of sp³-hybridized carbons (Fsp3) is 0.500. The third-order valence-electron chi connectivity index (χ3n) is 5.36. The zero-order valence-corrected chi connectivity index (χ0v) is 14.0. The van der Waals surface area contributed by atoms with Crippen molar-refractivity contribution in [3.8, 4) is 0 Å². The average Bonchev–Trinajstić information content (AvgIpc) is 3.14. The summed E-state index contributed by atoms with van der Waals surface area (Å²) in [6.45, 7) is 2.95. The van der Waals surface area contributed by atoms with Gasteiger partial charge in [-0.3, -0.25) is 19.4 Å². The number of nitrogens with zero attached hydrogens (tertiary/aromatic N) is 4. The summed E-state index contributed by atoms with van der Waals surface area (Å²) in [7, 11) is 1.95. The molecule has 4 rings (SSSR count). The standard InChI is InChI=1S/C18H23N5O/c1-22-12-14(10-20-22)13-23-7-4-18(5-8-23)9-16(17(24)21-18)15-3-2-6-19-11-15/h2-3,6,10-12,16H,4-5,7-9,13H2,1H3,(H,21,24). The summed E-state index contributed by atoms with van der Waals surface area (Å²) in [5.41, 5.74) is 2.24. The Bertz CT molecular complexity index is 718. The van der Waals surface area contributed by atoms with Crippen molar-refractivity contribution in [3.05, 3.63) is 48.0 Å². The van der Waals surface area contributed by atoms with Crippen molar-refractivity contribution >= 4 is 5.91 Å². The molecule has 1 spiro atoms. The van der Waals surface area contributed by atoms with Gasteiger partial charge in [0.2, 0.25) is 5.91 Å². The van der Waals surface area contributed by atoms with E-state index in [-0.39, 0.29) is 17.4 Å². The molecule has 0 aliphatic carbocycles. The van der Waals surface area contributed by atoms with Crippen molar-refractivity contribution in [1.29, 1.82) is 0 Å². The first-order chi connectivity index (χ1) is 11.6. The summed E-state index contributed by atoms with van der Waals surface area (Å²) in [5, 5.41) is 7.53. The van der Waals surface area contributed by atoms with Crippen molar-refractivity contribution in [2.75, 3.05) is 13.1 Å². The van der Waals surface area contributed by atoms with Gasteiger partial charge in [-0.25, -0.2) is 0 Å². The Morgan fingerprint density at radius 1 is 1.33 bits per heavy atom. The Hall–Kier alpha value is -2.21. The topological polar surface area (TPSA) is 63.1 Å². The zero-order chi connectivity index (χ0) is 16.6. The first-order valence-corrected chi connectivity index (χ1v) is 8.55. The molecule has 2 aromatic heterocycles. The number of nitrogens with one attached hydrogen (secondary N) is 1. The molecule has 0 bridgehead atoms. The lowest BCUT2D eigenvalue weighted by Gasteiger charge is -2.39. The summed E-state index contributed by atoms with van der Waals surface area (Å²) in [5.74, 6) is 0.104. The van der Waals surface area contributed by atoms with Crippen LogP contribution >= 0.6 is 0 Å². The lowest BCUT2D eigenvalue weighted by molar-refractivity contribution is -0.121. The highest BCUT2D eigenvalue weighted by Gasteiger charge is 2.46. The summed E-state index contributed by atoms with van der Waals surface area (Å²) >= 11 is 0. The first kappa shape index (κ1) is 15.3. The third-order valence-corrected chi connectivity index (χ3v) is 5.36. The normalized spacial score (nSPS) is 23.5. The van der Waals surface area contributed by atoms with E-state index in [9.17, 15) is 4.79 Å². The number of carbonyl (C=O) groups excluding carboxylic acids is 1. The van der Waals surface area contributed by atoms with Gasteiger partial charge in [-0.05, 0) is 30.9 Å². The lowest BCUT2D eigenvalue weighted by atomic mass is 9.82. The molecule has 2 fully saturated rings. The van der Waals surface area contributed by atoms with E-state index < -0.39 is 0 Å². The number of piperidine rings is 1. The van der Waals surface area contributed by atoms with E-state index in [2.05, 4.69) is 26.5 Å². The summed E-state index contributed by atoms with van der Waals surface area (Å²) in [6.07, 6.45) is 10.5. The average molecular weight is 325 g/mol. The van der Waals surface area contributed by atoms with E-state index in [0.29, 0.717) is 0 Å². The predicted molar refractivity (Wildman–Crippen MR) is 90.2 cm³/mol. The molecular weight excluding hydrogens is 302 g/mol. The molecule has 2 saturated heterocycles. The highest BCUT2D eigenvalue weighted by Crippen LogP contribution is 2.39. The monoisotopic (exact) mass is 325 g/mol. The second kappa shape index (κ2) is 6.02. The molecule has 2 aromatic rings. The highest BCUT2D eigenvalue weighted by molar-refractivity contribution is 5.87. The fourth-order valence-corrected chi connectivity index (χ4v) is 4.01. The van der Waals surface area contributed by atoms with E-state index in [4.69, 9.17) is 0 Å². The maximum atomic E-state index is 12.5. The van der Waals surface area contributed by atoms with Gasteiger partial charge < -0.3 is 5.32 Å². The van der Waals surface area contributed by atoms with Gasteiger partial charge in [-0.15, -0.1) is 0 Å². The molecule has 0 radical (unpaired) electrons. The lowest BCUT2D eigenvalue weighted by Crippen LogP contribution is -2.50. The van der Waals surface area contributed by atoms with E-state index in [1.165, 1.54) is 5.56 Å². The van der Waals surface area contributed by atoms with Crippen LogP contribution in [0.4, 0.5) is 0 Å². The van der Waals surface area contributed by atoms with Crippen molar-refractivity contribution < 1.29 is 4.79 Å². The summed E-state index contributed by atoms with van der Waals surface area (Å²) in [4.78, 5) is 19.1. The Kier molecular flexibility index (Phi) is 3.84. The molecule has 6 heteroatoms. The van der Waals surface area contributed by atoms with Crippen LogP contribution in [0.25, 0.3) is 0 Å². The largest absolute Gasteiger partial charge is 0.350 e. The summed E-state index contributed by atoms with van der Waals surface area (Å²) in [6, 6.07) is 3.91. The number of likely N-dealkylation sites (tertiary alicyclic amines) is 1. The maximum Gasteiger partial charge on any atom is 0.228 e. The van der Waals surface area contributed by atoms with Crippen LogP contribution in [-0.2, 0) is 18.4 Å². The van der Waals surface area contributed by atoms with Crippen LogP contribution in [0.15, 0.2) is 36.9 Å². The predicted octanol–water partition coefficient (Wildman–Crippen LogP) is 1.45. The SMILES string of the molecule is Cn1cc(CN2CCC3(CC2)CC(c2cccnc2)C(=O)N3)cn1. The molecule has 1 N–H and O–H groups in total. The number of pyridine rings is 1. The molecule has 2 aliphatic heterocycles. The Morgan fingerprint density at radius 2 is 2.17 bits per heavy atom. The van der Waals surface area contributed by atoms with Crippen molar-refractivity contribution in [2.24, 2.45) is 7.05 Å². The van der Waals surface area contributed by atoms with Gasteiger partial charge in [0, 0.05) is 56.4 Å². The highest BCUT2D eigenvalue weighted by atomic mass is 16.2. The van der Waals surface area contributed by atoms with Crippen LogP contribution in [0.1, 0.15) is 36.3 Å². The molecular formula is C18H23N5O. The van der Waals surface area contributed by atoms with Gasteiger partial charge in [0.15, 0.2) is 0 Å². The number of hydrogen-bond donors (Lipinski definition) is 1. The van der Waals surface area contributed by atoms with Gasteiger partial charge in [-0.1, -0.05) is 6.07 Å². The zero-order valence-electron chi connectivity index (χ0n) is 14.0. The minimum atomic E-state index is -0.0522. The number of aromatic nitrogens is 3. The van der Waals surface area contributed by atoms with Crippen LogP contribution < -0.4 is 5.32 Å². The molecule has 2 aliphatic rings. The van der Waals surface area contributed by atoms with Gasteiger partial charge in [0.25, 0.3) is 0 Å². The second-order valence-corrected chi connectivity index (χ2v) is 7.11. The van der Waals surface area contributed by atoms with Crippen LogP contribution in [-0.4, -0.2) is 44.2 Å². The molecule has 4 heterocycles. The quantitative estimate of drug-likeness (QED) is 0.928. The van der Waals surface area contributed by atoms with Gasteiger partial charge in [0.05, 0.1) is 12.1 Å². The number of carbonyl (C=O) groups is 1. The van der Waals surface area contributed by atoms with Gasteiger partial charge >= 0.3 is 0 Å². The fourth-order valence-electron chi connectivity index (χ4n) is 4.01. The van der Waals surface area contributed by atoms with Crippen molar-refractivity contribution in [3.63, 3.8) is 0 Å². The molecule has 0 saturated carbocycles. The second-order valence-electron chi connectivity index (χ2n) is 7.11. The Morgan fingerprint density at radius 3 is 2.83 bits per heavy atom. The first-order valence-electron chi connectivity index (χ1n) is 8.55. The molecule has 1 amide bonds. The molecule has 0 aromatic carbocycles. The van der Waals surface area contributed by atoms with E-state index in [1.54, 1.807) is 6.20 Å². The molecule has 1 unspecified atom stereocenters. The van der Waals surface area contributed by atoms with Crippen molar-refractivity contribution in [1.82, 2.24) is 25.0 Å². The Balaban J connectivity index is 1.39. The Labute approximate surface area is 141 Å². The summed E-state index contributed by atoms with van der Waals surface area (Å²) < 4.78 is 1.84. The van der Waals surface area contributed by atoms with Crippen molar-refractivity contribution in [2.45, 2.75) is 37.3 Å². The van der Waals surface area contributed by atoms with Crippen LogP contribution in [0.3, 0.4) is 0 Å². The van der Waals surface area contributed by atoms with E-state index in [1.807, 2.05) is 36.3 Å². The van der Waals surface area contributed by atoms with Crippen LogP contribution in [0.5, 0.6) is 0 Å². The third kappa shape index (κ3) is 2.94. The van der Waals surface area contributed by atoms with E-state index >= 15 is 0 Å².